The predicted molar refractivity (Wildman–Crippen MR) is 63.1 cm³/mol. The molecule has 0 aliphatic heterocycles. The van der Waals surface area contributed by atoms with E-state index in [1.54, 1.807) is 0 Å². The van der Waals surface area contributed by atoms with Gasteiger partial charge in [0.05, 0.1) is 18.3 Å². The van der Waals surface area contributed by atoms with E-state index in [0.29, 0.717) is 18.3 Å². The van der Waals surface area contributed by atoms with Gasteiger partial charge in [0.1, 0.15) is 0 Å². The first-order chi connectivity index (χ1) is 7.08. The van der Waals surface area contributed by atoms with Gasteiger partial charge >= 0.3 is 0 Å². The number of ether oxygens (including phenoxy) is 2. The van der Waals surface area contributed by atoms with Gasteiger partial charge < -0.3 is 9.47 Å². The van der Waals surface area contributed by atoms with Gasteiger partial charge in [-0.25, -0.2) is 0 Å². The fraction of sp³-hybridized carbons (Fsp3) is 1.00. The summed E-state index contributed by atoms with van der Waals surface area (Å²) in [5.41, 5.74) is 0. The minimum absolute atomic E-state index is 0.370. The number of hydrogen-bond donors (Lipinski definition) is 0. The maximum atomic E-state index is 5.82. The largest absolute Gasteiger partial charge is 0.379 e. The van der Waals surface area contributed by atoms with Crippen LogP contribution in [-0.2, 0) is 9.47 Å². The average Bonchev–Trinajstić information content (AvgIpc) is 2.16. The SMILES string of the molecule is CC(C)OCC1CCC(OC(C)C)CC1. The Kier molecular flexibility index (Phi) is 5.62. The van der Waals surface area contributed by atoms with Crippen molar-refractivity contribution in [3.05, 3.63) is 0 Å². The molecule has 1 rings (SSSR count). The second-order valence-corrected chi connectivity index (χ2v) is 5.21. The molecule has 0 radical (unpaired) electrons. The van der Waals surface area contributed by atoms with Crippen molar-refractivity contribution >= 4 is 0 Å². The Labute approximate surface area is 94.3 Å². The summed E-state index contributed by atoms with van der Waals surface area (Å²) in [4.78, 5) is 0. The van der Waals surface area contributed by atoms with E-state index in [4.69, 9.17) is 9.47 Å². The summed E-state index contributed by atoms with van der Waals surface area (Å²) in [6.45, 7) is 9.38. The van der Waals surface area contributed by atoms with Crippen LogP contribution < -0.4 is 0 Å². The fourth-order valence-corrected chi connectivity index (χ4v) is 2.15. The minimum atomic E-state index is 0.370. The van der Waals surface area contributed by atoms with Gasteiger partial charge in [-0.15, -0.1) is 0 Å². The highest BCUT2D eigenvalue weighted by Crippen LogP contribution is 2.27. The average molecular weight is 214 g/mol. The van der Waals surface area contributed by atoms with Crippen LogP contribution in [0.5, 0.6) is 0 Å². The number of rotatable bonds is 5. The van der Waals surface area contributed by atoms with E-state index in [1.165, 1.54) is 25.7 Å². The molecule has 0 amide bonds. The Bertz CT molecular complexity index is 158. The monoisotopic (exact) mass is 214 g/mol. The molecule has 1 saturated carbocycles. The molecule has 0 saturated heterocycles. The molecule has 1 fully saturated rings. The molecular weight excluding hydrogens is 188 g/mol. The zero-order valence-electron chi connectivity index (χ0n) is 10.7. The first kappa shape index (κ1) is 13.0. The molecule has 0 spiro atoms. The first-order valence-electron chi connectivity index (χ1n) is 6.35. The molecule has 0 bridgehead atoms. The minimum Gasteiger partial charge on any atom is -0.379 e. The van der Waals surface area contributed by atoms with Gasteiger partial charge in [0, 0.05) is 6.61 Å². The summed E-state index contributed by atoms with van der Waals surface area (Å²) in [7, 11) is 0. The van der Waals surface area contributed by atoms with Crippen LogP contribution in [0.3, 0.4) is 0 Å². The Hall–Kier alpha value is -0.0800. The van der Waals surface area contributed by atoms with Crippen LogP contribution in [0.4, 0.5) is 0 Å². The van der Waals surface area contributed by atoms with Crippen LogP contribution in [0.15, 0.2) is 0 Å². The molecule has 0 aromatic rings. The quantitative estimate of drug-likeness (QED) is 0.698. The molecule has 1 aliphatic carbocycles. The molecule has 0 unspecified atom stereocenters. The van der Waals surface area contributed by atoms with Crippen LogP contribution in [0.25, 0.3) is 0 Å². The summed E-state index contributed by atoms with van der Waals surface area (Å²) in [6.07, 6.45) is 6.21. The molecule has 2 heteroatoms. The van der Waals surface area contributed by atoms with Gasteiger partial charge in [-0.05, 0) is 59.3 Å². The third kappa shape index (κ3) is 5.53. The topological polar surface area (TPSA) is 18.5 Å². The smallest absolute Gasteiger partial charge is 0.0578 e. The summed E-state index contributed by atoms with van der Waals surface area (Å²) in [6, 6.07) is 0. The lowest BCUT2D eigenvalue weighted by molar-refractivity contribution is -0.0330. The molecular formula is C13H26O2. The second kappa shape index (κ2) is 6.49. The summed E-state index contributed by atoms with van der Waals surface area (Å²) in [5.74, 6) is 0.763. The summed E-state index contributed by atoms with van der Waals surface area (Å²) in [5, 5.41) is 0. The molecule has 0 aromatic heterocycles. The molecule has 0 heterocycles. The molecule has 2 nitrogen and oxygen atoms in total. The van der Waals surface area contributed by atoms with E-state index >= 15 is 0 Å². The Morgan fingerprint density at radius 2 is 1.53 bits per heavy atom. The highest BCUT2D eigenvalue weighted by atomic mass is 16.5. The summed E-state index contributed by atoms with van der Waals surface area (Å²) >= 11 is 0. The lowest BCUT2D eigenvalue weighted by Crippen LogP contribution is -2.26. The molecule has 0 aromatic carbocycles. The van der Waals surface area contributed by atoms with Crippen LogP contribution in [-0.4, -0.2) is 24.9 Å². The maximum absolute atomic E-state index is 5.82. The molecule has 15 heavy (non-hydrogen) atoms. The highest BCUT2D eigenvalue weighted by Gasteiger charge is 2.22. The molecule has 90 valence electrons. The lowest BCUT2D eigenvalue weighted by atomic mass is 9.88. The zero-order valence-corrected chi connectivity index (χ0v) is 10.7. The lowest BCUT2D eigenvalue weighted by Gasteiger charge is -2.30. The van der Waals surface area contributed by atoms with Crippen molar-refractivity contribution < 1.29 is 9.47 Å². The predicted octanol–water partition coefficient (Wildman–Crippen LogP) is 3.40. The normalized spacial score (nSPS) is 27.6. The van der Waals surface area contributed by atoms with Crippen molar-refractivity contribution in [2.24, 2.45) is 5.92 Å². The summed E-state index contributed by atoms with van der Waals surface area (Å²) < 4.78 is 11.5. The van der Waals surface area contributed by atoms with Crippen LogP contribution in [0.1, 0.15) is 53.4 Å². The first-order valence-corrected chi connectivity index (χ1v) is 6.35. The van der Waals surface area contributed by atoms with Gasteiger partial charge in [-0.1, -0.05) is 0 Å². The van der Waals surface area contributed by atoms with Crippen molar-refractivity contribution in [1.82, 2.24) is 0 Å². The van der Waals surface area contributed by atoms with Gasteiger partial charge in [-0.3, -0.25) is 0 Å². The van der Waals surface area contributed by atoms with Gasteiger partial charge in [0.15, 0.2) is 0 Å². The van der Waals surface area contributed by atoms with Gasteiger partial charge in [0.25, 0.3) is 0 Å². The second-order valence-electron chi connectivity index (χ2n) is 5.21. The fourth-order valence-electron chi connectivity index (χ4n) is 2.15. The van der Waals surface area contributed by atoms with Crippen molar-refractivity contribution in [2.75, 3.05) is 6.61 Å². The van der Waals surface area contributed by atoms with Crippen molar-refractivity contribution in [2.45, 2.75) is 71.7 Å². The molecule has 0 atom stereocenters. The molecule has 1 aliphatic rings. The van der Waals surface area contributed by atoms with E-state index < -0.39 is 0 Å². The van der Waals surface area contributed by atoms with Crippen molar-refractivity contribution in [1.29, 1.82) is 0 Å². The van der Waals surface area contributed by atoms with Gasteiger partial charge in [0.2, 0.25) is 0 Å². The van der Waals surface area contributed by atoms with Crippen LogP contribution in [0.2, 0.25) is 0 Å². The van der Waals surface area contributed by atoms with Gasteiger partial charge in [-0.2, -0.15) is 0 Å². The number of hydrogen-bond acceptors (Lipinski definition) is 2. The third-order valence-corrected chi connectivity index (χ3v) is 2.92. The zero-order chi connectivity index (χ0) is 11.3. The molecule has 0 N–H and O–H groups in total. The van der Waals surface area contributed by atoms with Crippen LogP contribution in [0, 0.1) is 5.92 Å². The van der Waals surface area contributed by atoms with E-state index in [9.17, 15) is 0 Å². The van der Waals surface area contributed by atoms with Crippen molar-refractivity contribution in [3.63, 3.8) is 0 Å². The van der Waals surface area contributed by atoms with E-state index in [2.05, 4.69) is 27.7 Å². The van der Waals surface area contributed by atoms with Crippen molar-refractivity contribution in [3.8, 4) is 0 Å². The van der Waals surface area contributed by atoms with Crippen LogP contribution >= 0.6 is 0 Å². The Morgan fingerprint density at radius 3 is 2.00 bits per heavy atom. The van der Waals surface area contributed by atoms with E-state index in [-0.39, 0.29) is 0 Å². The maximum Gasteiger partial charge on any atom is 0.0578 e. The van der Waals surface area contributed by atoms with E-state index in [0.717, 1.165) is 12.5 Å². The third-order valence-electron chi connectivity index (χ3n) is 2.92. The standard InChI is InChI=1S/C13H26O2/c1-10(2)14-9-12-5-7-13(8-6-12)15-11(3)4/h10-13H,5-9H2,1-4H3. The van der Waals surface area contributed by atoms with E-state index in [1.807, 2.05) is 0 Å². The Balaban J connectivity index is 2.12. The Morgan fingerprint density at radius 1 is 0.933 bits per heavy atom. The highest BCUT2D eigenvalue weighted by molar-refractivity contribution is 4.73.